The number of benzene rings is 1. The molecule has 88 valence electrons. The highest BCUT2D eigenvalue weighted by atomic mass is 35.5. The first kappa shape index (κ1) is 12.8. The standard InChI is InChI=1S/C11H13ClFNO2/c1-7(6-12)14(2)11(16)9-5-8(13)3-4-10(9)15/h3-5,7,15H,6H2,1-2H3. The van der Waals surface area contributed by atoms with E-state index in [9.17, 15) is 14.3 Å². The number of rotatable bonds is 3. The van der Waals surface area contributed by atoms with Gasteiger partial charge in [0, 0.05) is 19.0 Å². The fraction of sp³-hybridized carbons (Fsp3) is 0.364. The molecule has 1 atom stereocenters. The highest BCUT2D eigenvalue weighted by molar-refractivity contribution is 6.18. The maximum atomic E-state index is 12.9. The Bertz CT molecular complexity index is 398. The molecule has 0 aromatic heterocycles. The minimum absolute atomic E-state index is 0.0560. The number of amides is 1. The fourth-order valence-corrected chi connectivity index (χ4v) is 1.38. The van der Waals surface area contributed by atoms with E-state index in [0.717, 1.165) is 18.2 Å². The summed E-state index contributed by atoms with van der Waals surface area (Å²) >= 11 is 5.62. The lowest BCUT2D eigenvalue weighted by atomic mass is 10.1. The van der Waals surface area contributed by atoms with Crippen molar-refractivity contribution < 1.29 is 14.3 Å². The van der Waals surface area contributed by atoms with Gasteiger partial charge in [0.2, 0.25) is 0 Å². The topological polar surface area (TPSA) is 40.5 Å². The molecule has 1 aromatic carbocycles. The first-order valence-corrected chi connectivity index (χ1v) is 5.32. The SMILES string of the molecule is CC(CCl)N(C)C(=O)c1cc(F)ccc1O. The van der Waals surface area contributed by atoms with Crippen molar-refractivity contribution in [3.63, 3.8) is 0 Å². The summed E-state index contributed by atoms with van der Waals surface area (Å²) in [6.45, 7) is 1.77. The molecule has 3 nitrogen and oxygen atoms in total. The first-order chi connectivity index (χ1) is 7.47. The molecule has 1 rings (SSSR count). The molecular formula is C11H13ClFNO2. The molecule has 0 saturated carbocycles. The van der Waals surface area contributed by atoms with Crippen molar-refractivity contribution in [3.8, 4) is 5.75 Å². The Balaban J connectivity index is 3.00. The number of hydrogen-bond acceptors (Lipinski definition) is 2. The Morgan fingerprint density at radius 2 is 2.25 bits per heavy atom. The highest BCUT2D eigenvalue weighted by Crippen LogP contribution is 2.20. The maximum absolute atomic E-state index is 12.9. The summed E-state index contributed by atoms with van der Waals surface area (Å²) in [5, 5.41) is 9.46. The van der Waals surface area contributed by atoms with Crippen LogP contribution in [0.25, 0.3) is 0 Å². The molecule has 0 radical (unpaired) electrons. The number of phenols is 1. The van der Waals surface area contributed by atoms with Gasteiger partial charge in [-0.25, -0.2) is 4.39 Å². The minimum Gasteiger partial charge on any atom is -0.507 e. The molecule has 0 bridgehead atoms. The zero-order valence-electron chi connectivity index (χ0n) is 9.08. The molecule has 5 heteroatoms. The zero-order chi connectivity index (χ0) is 12.3. The van der Waals surface area contributed by atoms with Crippen molar-refractivity contribution in [2.45, 2.75) is 13.0 Å². The zero-order valence-corrected chi connectivity index (χ0v) is 9.83. The maximum Gasteiger partial charge on any atom is 0.257 e. The van der Waals surface area contributed by atoms with Gasteiger partial charge in [-0.2, -0.15) is 0 Å². The second kappa shape index (κ2) is 5.16. The highest BCUT2D eigenvalue weighted by Gasteiger charge is 2.20. The van der Waals surface area contributed by atoms with Crippen LogP contribution in [-0.4, -0.2) is 34.9 Å². The van der Waals surface area contributed by atoms with Gasteiger partial charge < -0.3 is 10.0 Å². The lowest BCUT2D eigenvalue weighted by Gasteiger charge is -2.23. The predicted molar refractivity (Wildman–Crippen MR) is 60.3 cm³/mol. The third-order valence-corrected chi connectivity index (χ3v) is 2.84. The van der Waals surface area contributed by atoms with E-state index in [-0.39, 0.29) is 23.2 Å². The molecule has 0 aliphatic rings. The molecule has 16 heavy (non-hydrogen) atoms. The molecule has 0 aliphatic carbocycles. The Morgan fingerprint density at radius 3 is 2.81 bits per heavy atom. The molecule has 1 aromatic rings. The third-order valence-electron chi connectivity index (χ3n) is 2.39. The summed E-state index contributed by atoms with van der Waals surface area (Å²) in [6.07, 6.45) is 0. The van der Waals surface area contributed by atoms with Crippen molar-refractivity contribution in [2.24, 2.45) is 0 Å². The molecule has 0 fully saturated rings. The van der Waals surface area contributed by atoms with Gasteiger partial charge in [0.1, 0.15) is 11.6 Å². The lowest BCUT2D eigenvalue weighted by Crippen LogP contribution is -2.36. The average molecular weight is 246 g/mol. The number of halogens is 2. The molecule has 0 aliphatic heterocycles. The number of aromatic hydroxyl groups is 1. The monoisotopic (exact) mass is 245 g/mol. The Labute approximate surface area is 98.4 Å². The summed E-state index contributed by atoms with van der Waals surface area (Å²) in [6, 6.07) is 3.07. The van der Waals surface area contributed by atoms with Crippen LogP contribution in [0.3, 0.4) is 0 Å². The van der Waals surface area contributed by atoms with Gasteiger partial charge in [-0.3, -0.25) is 4.79 Å². The Morgan fingerprint density at radius 1 is 1.62 bits per heavy atom. The molecule has 1 amide bonds. The number of nitrogens with zero attached hydrogens (tertiary/aromatic N) is 1. The summed E-state index contributed by atoms with van der Waals surface area (Å²) in [5.74, 6) is -0.976. The van der Waals surface area contributed by atoms with Gasteiger partial charge >= 0.3 is 0 Å². The van der Waals surface area contributed by atoms with Gasteiger partial charge in [-0.1, -0.05) is 0 Å². The smallest absolute Gasteiger partial charge is 0.257 e. The lowest BCUT2D eigenvalue weighted by molar-refractivity contribution is 0.0753. The van der Waals surface area contributed by atoms with Crippen LogP contribution >= 0.6 is 11.6 Å². The van der Waals surface area contributed by atoms with Crippen molar-refractivity contribution in [3.05, 3.63) is 29.6 Å². The Kier molecular flexibility index (Phi) is 4.12. The van der Waals surface area contributed by atoms with Crippen LogP contribution in [0.5, 0.6) is 5.75 Å². The molecule has 1 unspecified atom stereocenters. The second-order valence-corrected chi connectivity index (χ2v) is 3.89. The number of carbonyl (C=O) groups excluding carboxylic acids is 1. The molecular weight excluding hydrogens is 233 g/mol. The number of phenolic OH excluding ortho intramolecular Hbond substituents is 1. The quantitative estimate of drug-likeness (QED) is 0.830. The van der Waals surface area contributed by atoms with Crippen LogP contribution in [0.2, 0.25) is 0 Å². The fourth-order valence-electron chi connectivity index (χ4n) is 1.17. The van der Waals surface area contributed by atoms with E-state index in [2.05, 4.69) is 0 Å². The van der Waals surface area contributed by atoms with Gasteiger partial charge in [0.25, 0.3) is 5.91 Å². The van der Waals surface area contributed by atoms with E-state index in [4.69, 9.17) is 11.6 Å². The molecule has 0 spiro atoms. The summed E-state index contributed by atoms with van der Waals surface area (Å²) in [5.41, 5.74) is -0.0560. The van der Waals surface area contributed by atoms with Crippen LogP contribution in [-0.2, 0) is 0 Å². The predicted octanol–water partition coefficient (Wildman–Crippen LogP) is 2.23. The van der Waals surface area contributed by atoms with Gasteiger partial charge in [-0.15, -0.1) is 11.6 Å². The number of alkyl halides is 1. The summed E-state index contributed by atoms with van der Waals surface area (Å²) < 4.78 is 12.9. The summed E-state index contributed by atoms with van der Waals surface area (Å²) in [4.78, 5) is 13.2. The minimum atomic E-state index is -0.562. The van der Waals surface area contributed by atoms with Crippen LogP contribution in [0, 0.1) is 5.82 Å². The largest absolute Gasteiger partial charge is 0.507 e. The van der Waals surface area contributed by atoms with Crippen molar-refractivity contribution in [1.82, 2.24) is 4.90 Å². The van der Waals surface area contributed by atoms with E-state index < -0.39 is 11.7 Å². The van der Waals surface area contributed by atoms with Gasteiger partial charge in [0.05, 0.1) is 5.56 Å². The normalized spacial score (nSPS) is 12.2. The van der Waals surface area contributed by atoms with E-state index in [1.807, 2.05) is 0 Å². The summed E-state index contributed by atoms with van der Waals surface area (Å²) in [7, 11) is 1.56. The van der Waals surface area contributed by atoms with E-state index in [0.29, 0.717) is 0 Å². The molecule has 1 N–H and O–H groups in total. The number of hydrogen-bond donors (Lipinski definition) is 1. The first-order valence-electron chi connectivity index (χ1n) is 4.79. The third kappa shape index (κ3) is 2.64. The van der Waals surface area contributed by atoms with Gasteiger partial charge in [0.15, 0.2) is 0 Å². The second-order valence-electron chi connectivity index (χ2n) is 3.58. The van der Waals surface area contributed by atoms with Crippen LogP contribution in [0.1, 0.15) is 17.3 Å². The average Bonchev–Trinajstić information content (AvgIpc) is 2.29. The number of carbonyl (C=O) groups is 1. The van der Waals surface area contributed by atoms with Crippen LogP contribution in [0.4, 0.5) is 4.39 Å². The van der Waals surface area contributed by atoms with Crippen LogP contribution < -0.4 is 0 Å². The van der Waals surface area contributed by atoms with Crippen LogP contribution in [0.15, 0.2) is 18.2 Å². The Hall–Kier alpha value is -1.29. The van der Waals surface area contributed by atoms with Crippen molar-refractivity contribution >= 4 is 17.5 Å². The van der Waals surface area contributed by atoms with Crippen molar-refractivity contribution in [1.29, 1.82) is 0 Å². The molecule has 0 heterocycles. The van der Waals surface area contributed by atoms with E-state index in [1.165, 1.54) is 4.90 Å². The van der Waals surface area contributed by atoms with Gasteiger partial charge in [-0.05, 0) is 25.1 Å². The molecule has 0 saturated heterocycles. The van der Waals surface area contributed by atoms with E-state index in [1.54, 1.807) is 14.0 Å². The van der Waals surface area contributed by atoms with Crippen molar-refractivity contribution in [2.75, 3.05) is 12.9 Å². The van der Waals surface area contributed by atoms with E-state index >= 15 is 0 Å².